The molecule has 0 aliphatic carbocycles. The SMILES string of the molecule is N#Cc1ccc(COc2cccc(C3CCN(Cc4nc5ccc(C(N)=O)cc5n4CCN=C(N)N)CC3)n2)c(F)c1. The number of hydrogen-bond acceptors (Lipinski definition) is 7. The Morgan fingerprint density at radius 2 is 1.90 bits per heavy atom. The summed E-state index contributed by atoms with van der Waals surface area (Å²) in [6.07, 6.45) is 1.81. The van der Waals surface area contributed by atoms with E-state index in [9.17, 15) is 9.18 Å². The van der Waals surface area contributed by atoms with Crippen LogP contribution in [0.25, 0.3) is 11.0 Å². The van der Waals surface area contributed by atoms with Gasteiger partial charge in [-0.25, -0.2) is 14.4 Å². The summed E-state index contributed by atoms with van der Waals surface area (Å²) in [5, 5.41) is 8.93. The topological polar surface area (TPSA) is 174 Å². The molecule has 4 aromatic rings. The van der Waals surface area contributed by atoms with Gasteiger partial charge in [-0.15, -0.1) is 0 Å². The summed E-state index contributed by atoms with van der Waals surface area (Å²) in [5.74, 6) is 0.598. The first kappa shape index (κ1) is 28.5. The molecule has 2 aromatic carbocycles. The van der Waals surface area contributed by atoms with Crippen molar-refractivity contribution < 1.29 is 13.9 Å². The van der Waals surface area contributed by atoms with Crippen molar-refractivity contribution in [3.63, 3.8) is 0 Å². The fraction of sp³-hybridized carbons (Fsp3) is 0.300. The quantitative estimate of drug-likeness (QED) is 0.193. The average Bonchev–Trinajstić information content (AvgIpc) is 3.32. The number of nitriles is 1. The molecule has 1 fully saturated rings. The van der Waals surface area contributed by atoms with Crippen LogP contribution in [0.1, 0.15) is 51.8 Å². The highest BCUT2D eigenvalue weighted by atomic mass is 19.1. The third-order valence-electron chi connectivity index (χ3n) is 7.40. The lowest BCUT2D eigenvalue weighted by atomic mass is 9.93. The number of carbonyl (C=O) groups excluding carboxylic acids is 1. The monoisotopic (exact) mass is 569 g/mol. The summed E-state index contributed by atoms with van der Waals surface area (Å²) in [5.41, 5.74) is 20.1. The predicted octanol–water partition coefficient (Wildman–Crippen LogP) is 2.77. The number of rotatable bonds is 10. The van der Waals surface area contributed by atoms with Crippen LogP contribution in [0.15, 0.2) is 59.6 Å². The van der Waals surface area contributed by atoms with E-state index in [-0.39, 0.29) is 24.0 Å². The van der Waals surface area contributed by atoms with Crippen LogP contribution in [0, 0.1) is 17.1 Å². The molecule has 0 saturated carbocycles. The number of amides is 1. The van der Waals surface area contributed by atoms with Gasteiger partial charge in [0.1, 0.15) is 18.2 Å². The zero-order valence-corrected chi connectivity index (χ0v) is 23.0. The molecule has 1 aliphatic heterocycles. The van der Waals surface area contributed by atoms with E-state index in [0.29, 0.717) is 36.6 Å². The number of piperidine rings is 1. The summed E-state index contributed by atoms with van der Waals surface area (Å²) in [4.78, 5) is 27.8. The summed E-state index contributed by atoms with van der Waals surface area (Å²) in [6.45, 7) is 3.23. The smallest absolute Gasteiger partial charge is 0.248 e. The van der Waals surface area contributed by atoms with Gasteiger partial charge < -0.3 is 26.5 Å². The molecule has 0 unspecified atom stereocenters. The highest BCUT2D eigenvalue weighted by Crippen LogP contribution is 2.29. The van der Waals surface area contributed by atoms with Gasteiger partial charge in [0.2, 0.25) is 11.8 Å². The Hall–Kier alpha value is -5.02. The van der Waals surface area contributed by atoms with E-state index in [1.807, 2.05) is 22.8 Å². The summed E-state index contributed by atoms with van der Waals surface area (Å²) < 4.78 is 22.1. The number of nitrogens with zero attached hydrogens (tertiary/aromatic N) is 6. The zero-order chi connectivity index (χ0) is 29.6. The second-order valence-electron chi connectivity index (χ2n) is 10.2. The number of imidazole rings is 1. The maximum Gasteiger partial charge on any atom is 0.248 e. The molecule has 0 spiro atoms. The number of hydrogen-bond donors (Lipinski definition) is 3. The van der Waals surface area contributed by atoms with Crippen LogP contribution in [0.3, 0.4) is 0 Å². The fourth-order valence-corrected chi connectivity index (χ4v) is 5.19. The van der Waals surface area contributed by atoms with Crippen molar-refractivity contribution in [2.75, 3.05) is 19.6 Å². The molecule has 216 valence electrons. The van der Waals surface area contributed by atoms with Gasteiger partial charge in [-0.2, -0.15) is 5.26 Å². The Labute approximate surface area is 242 Å². The molecule has 0 bridgehead atoms. The highest BCUT2D eigenvalue weighted by Gasteiger charge is 2.24. The molecule has 1 saturated heterocycles. The molecule has 11 nitrogen and oxygen atoms in total. The molecule has 42 heavy (non-hydrogen) atoms. The van der Waals surface area contributed by atoms with Gasteiger partial charge in [0.15, 0.2) is 5.96 Å². The van der Waals surface area contributed by atoms with E-state index in [1.165, 1.54) is 6.07 Å². The molecule has 2 aromatic heterocycles. The van der Waals surface area contributed by atoms with Gasteiger partial charge in [-0.3, -0.25) is 14.7 Å². The Balaban J connectivity index is 1.23. The van der Waals surface area contributed by atoms with Crippen LogP contribution < -0.4 is 21.9 Å². The maximum absolute atomic E-state index is 14.2. The molecule has 6 N–H and O–H groups in total. The maximum atomic E-state index is 14.2. The second-order valence-corrected chi connectivity index (χ2v) is 10.2. The van der Waals surface area contributed by atoms with Crippen LogP contribution >= 0.6 is 0 Å². The first-order valence-electron chi connectivity index (χ1n) is 13.7. The first-order chi connectivity index (χ1) is 20.3. The lowest BCUT2D eigenvalue weighted by Gasteiger charge is -2.31. The van der Waals surface area contributed by atoms with Crippen LogP contribution in [-0.4, -0.2) is 50.9 Å². The fourth-order valence-electron chi connectivity index (χ4n) is 5.19. The Bertz CT molecular complexity index is 1670. The standard InChI is InChI=1S/C30H32FN9O2/c31-23-14-19(16-32)4-5-22(23)18-42-28-3-1-2-24(38-28)20-8-11-39(12-9-20)17-27-37-25-7-6-21(29(33)41)15-26(25)40(27)13-10-36-30(34)35/h1-7,14-15,20H,8-13,17-18H2,(H2,33,41)(H4,34,35,36). The van der Waals surface area contributed by atoms with E-state index < -0.39 is 11.7 Å². The molecular weight excluding hydrogens is 537 g/mol. The zero-order valence-electron chi connectivity index (χ0n) is 23.0. The van der Waals surface area contributed by atoms with Crippen molar-refractivity contribution in [3.05, 3.63) is 88.6 Å². The van der Waals surface area contributed by atoms with E-state index in [2.05, 4.69) is 9.89 Å². The van der Waals surface area contributed by atoms with Crippen molar-refractivity contribution in [1.82, 2.24) is 19.4 Å². The number of aliphatic imine (C=N–C) groups is 1. The van der Waals surface area contributed by atoms with Crippen LogP contribution in [-0.2, 0) is 19.7 Å². The Kier molecular flexibility index (Phi) is 8.59. The van der Waals surface area contributed by atoms with E-state index >= 15 is 0 Å². The number of guanidine groups is 1. The van der Waals surface area contributed by atoms with E-state index in [0.717, 1.165) is 48.5 Å². The number of primary amides is 1. The molecule has 0 radical (unpaired) electrons. The summed E-state index contributed by atoms with van der Waals surface area (Å²) in [6, 6.07) is 17.1. The average molecular weight is 570 g/mol. The van der Waals surface area contributed by atoms with Crippen molar-refractivity contribution in [2.24, 2.45) is 22.2 Å². The first-order valence-corrected chi connectivity index (χ1v) is 13.7. The molecule has 0 atom stereocenters. The predicted molar refractivity (Wildman–Crippen MR) is 156 cm³/mol. The number of likely N-dealkylation sites (tertiary alicyclic amines) is 1. The van der Waals surface area contributed by atoms with Crippen molar-refractivity contribution in [3.8, 4) is 11.9 Å². The minimum atomic E-state index is -0.498. The van der Waals surface area contributed by atoms with Crippen molar-refractivity contribution in [2.45, 2.75) is 38.5 Å². The molecule has 1 aliphatic rings. The number of pyridine rings is 1. The number of aromatic nitrogens is 3. The Morgan fingerprint density at radius 3 is 2.62 bits per heavy atom. The van der Waals surface area contributed by atoms with Gasteiger partial charge in [-0.05, 0) is 62.3 Å². The number of halogens is 1. The normalized spacial score (nSPS) is 14.0. The Morgan fingerprint density at radius 1 is 1.10 bits per heavy atom. The summed E-state index contributed by atoms with van der Waals surface area (Å²) in [7, 11) is 0. The number of fused-ring (bicyclic) bond motifs is 1. The minimum Gasteiger partial charge on any atom is -0.473 e. The molecule has 12 heteroatoms. The van der Waals surface area contributed by atoms with Gasteiger partial charge >= 0.3 is 0 Å². The van der Waals surface area contributed by atoms with Crippen LogP contribution in [0.4, 0.5) is 4.39 Å². The number of carbonyl (C=O) groups is 1. The van der Waals surface area contributed by atoms with E-state index in [1.54, 1.807) is 36.4 Å². The highest BCUT2D eigenvalue weighted by molar-refractivity contribution is 5.96. The number of ether oxygens (including phenoxy) is 1. The van der Waals surface area contributed by atoms with Gasteiger partial charge in [0.25, 0.3) is 0 Å². The third kappa shape index (κ3) is 6.64. The van der Waals surface area contributed by atoms with E-state index in [4.69, 9.17) is 37.2 Å². The van der Waals surface area contributed by atoms with Crippen molar-refractivity contribution in [1.29, 1.82) is 5.26 Å². The minimum absolute atomic E-state index is 0.0189. The molecular formula is C30H32FN9O2. The number of benzene rings is 2. The second kappa shape index (κ2) is 12.7. The van der Waals surface area contributed by atoms with Crippen LogP contribution in [0.5, 0.6) is 5.88 Å². The van der Waals surface area contributed by atoms with Gasteiger partial charge in [0.05, 0.1) is 35.8 Å². The molecule has 3 heterocycles. The largest absolute Gasteiger partial charge is 0.473 e. The lowest BCUT2D eigenvalue weighted by molar-refractivity contribution is 0.100. The van der Waals surface area contributed by atoms with Gasteiger partial charge in [0, 0.05) is 35.3 Å². The van der Waals surface area contributed by atoms with Gasteiger partial charge in [-0.1, -0.05) is 12.1 Å². The number of nitrogens with two attached hydrogens (primary N) is 3. The van der Waals surface area contributed by atoms with Crippen LogP contribution in [0.2, 0.25) is 0 Å². The molecule has 5 rings (SSSR count). The lowest BCUT2D eigenvalue weighted by Crippen LogP contribution is -2.33. The summed E-state index contributed by atoms with van der Waals surface area (Å²) >= 11 is 0. The van der Waals surface area contributed by atoms with Crippen molar-refractivity contribution >= 4 is 22.9 Å². The third-order valence-corrected chi connectivity index (χ3v) is 7.40. The molecule has 1 amide bonds.